The number of halogens is 4. The summed E-state index contributed by atoms with van der Waals surface area (Å²) in [4.78, 5) is 14.3. The fourth-order valence-electron chi connectivity index (χ4n) is 1.22. The van der Waals surface area contributed by atoms with Crippen LogP contribution in [0.25, 0.3) is 0 Å². The number of rotatable bonds is 7. The van der Waals surface area contributed by atoms with Gasteiger partial charge in [-0.2, -0.15) is 13.2 Å². The number of carbonyl (C=O) groups is 1. The molecule has 7 heteroatoms. The normalized spacial score (nSPS) is 15.4. The van der Waals surface area contributed by atoms with Crippen LogP contribution >= 0.6 is 11.8 Å². The highest BCUT2D eigenvalue weighted by Gasteiger charge is 2.37. The van der Waals surface area contributed by atoms with Crippen molar-refractivity contribution in [3.05, 3.63) is 0 Å². The molecule has 0 rings (SSSR count). The van der Waals surface area contributed by atoms with E-state index < -0.39 is 23.3 Å². The maximum absolute atomic E-state index is 12.0. The Morgan fingerprint density at radius 1 is 1.29 bits per heavy atom. The van der Waals surface area contributed by atoms with E-state index in [9.17, 15) is 22.5 Å². The van der Waals surface area contributed by atoms with Crippen LogP contribution < -0.4 is 0 Å². The predicted molar refractivity (Wildman–Crippen MR) is 58.3 cm³/mol. The number of thioether (sulfide) groups is 1. The maximum atomic E-state index is 12.0. The Kier molecular flexibility index (Phi) is 6.89. The molecule has 2 nitrogen and oxygen atoms in total. The van der Waals surface area contributed by atoms with Gasteiger partial charge in [-0.3, -0.25) is 4.94 Å². The van der Waals surface area contributed by atoms with E-state index in [4.69, 9.17) is 0 Å². The van der Waals surface area contributed by atoms with Crippen LogP contribution in [0.3, 0.4) is 0 Å². The van der Waals surface area contributed by atoms with Gasteiger partial charge >= 0.3 is 12.1 Å². The van der Waals surface area contributed by atoms with Crippen molar-refractivity contribution in [1.82, 2.24) is 0 Å². The average Bonchev–Trinajstić information content (AvgIpc) is 2.23. The molecule has 0 aromatic carbocycles. The lowest BCUT2D eigenvalue weighted by Crippen LogP contribution is -2.33. The molecule has 0 saturated heterocycles. The van der Waals surface area contributed by atoms with Crippen LogP contribution in [0.4, 0.5) is 17.7 Å². The molecular weight excluding hydrogens is 260 g/mol. The minimum Gasteiger partial charge on any atom is -0.253 e. The molecule has 1 atom stereocenters. The van der Waals surface area contributed by atoms with Crippen molar-refractivity contribution in [1.29, 1.82) is 0 Å². The summed E-state index contributed by atoms with van der Waals surface area (Å²) in [6.45, 7) is 3.28. The van der Waals surface area contributed by atoms with Crippen LogP contribution in [0, 0.1) is 0 Å². The zero-order chi connectivity index (χ0) is 13.5. The molecule has 0 spiro atoms. The Morgan fingerprint density at radius 3 is 2.29 bits per heavy atom. The molecule has 0 aliphatic heterocycles. The van der Waals surface area contributed by atoms with Crippen molar-refractivity contribution < 1.29 is 27.4 Å². The summed E-state index contributed by atoms with van der Waals surface area (Å²) in [6.07, 6.45) is -3.56. The lowest BCUT2D eigenvalue weighted by molar-refractivity contribution is -0.186. The molecule has 0 saturated carbocycles. The second kappa shape index (κ2) is 7.08. The maximum Gasteiger partial charge on any atom is 0.389 e. The molecule has 0 bridgehead atoms. The largest absolute Gasteiger partial charge is 0.389 e. The molecule has 0 aromatic rings. The van der Waals surface area contributed by atoms with Gasteiger partial charge in [0.1, 0.15) is 4.75 Å². The molecule has 0 radical (unpaired) electrons. The summed E-state index contributed by atoms with van der Waals surface area (Å²) in [7, 11) is 0. The van der Waals surface area contributed by atoms with E-state index in [-0.39, 0.29) is 5.75 Å². The van der Waals surface area contributed by atoms with Gasteiger partial charge in [-0.25, -0.2) is 4.79 Å². The zero-order valence-electron chi connectivity index (χ0n) is 9.77. The van der Waals surface area contributed by atoms with Crippen LogP contribution in [-0.4, -0.2) is 22.6 Å². The van der Waals surface area contributed by atoms with Crippen LogP contribution in [0.1, 0.15) is 39.5 Å². The molecule has 1 unspecified atom stereocenters. The molecule has 0 heterocycles. The highest BCUT2D eigenvalue weighted by Crippen LogP contribution is 2.34. The third-order valence-corrected chi connectivity index (χ3v) is 3.73. The first-order chi connectivity index (χ1) is 7.75. The monoisotopic (exact) mass is 276 g/mol. The van der Waals surface area contributed by atoms with Gasteiger partial charge in [0.25, 0.3) is 0 Å². The predicted octanol–water partition coefficient (Wildman–Crippen LogP) is 4.05. The van der Waals surface area contributed by atoms with Gasteiger partial charge in [0.05, 0.1) is 6.42 Å². The van der Waals surface area contributed by atoms with E-state index in [1.54, 1.807) is 0 Å². The second-order valence-electron chi connectivity index (χ2n) is 3.91. The topological polar surface area (TPSA) is 26.3 Å². The molecule has 0 aliphatic carbocycles. The van der Waals surface area contributed by atoms with Crippen molar-refractivity contribution in [2.45, 2.75) is 50.5 Å². The van der Waals surface area contributed by atoms with Gasteiger partial charge in [0.2, 0.25) is 0 Å². The molecule has 17 heavy (non-hydrogen) atoms. The first-order valence-electron chi connectivity index (χ1n) is 5.29. The van der Waals surface area contributed by atoms with E-state index >= 15 is 0 Å². The first-order valence-corrected chi connectivity index (χ1v) is 6.27. The van der Waals surface area contributed by atoms with E-state index in [2.05, 4.69) is 4.94 Å². The van der Waals surface area contributed by atoms with Gasteiger partial charge in [-0.15, -0.1) is 11.8 Å². The van der Waals surface area contributed by atoms with Crippen LogP contribution in [0.15, 0.2) is 0 Å². The molecule has 0 fully saturated rings. The Morgan fingerprint density at radius 2 is 1.88 bits per heavy atom. The summed E-state index contributed by atoms with van der Waals surface area (Å²) in [5, 5.41) is 0. The van der Waals surface area contributed by atoms with Crippen molar-refractivity contribution in [2.24, 2.45) is 0 Å². The van der Waals surface area contributed by atoms with Crippen LogP contribution in [0.5, 0.6) is 0 Å². The van der Waals surface area contributed by atoms with Crippen molar-refractivity contribution in [3.63, 3.8) is 0 Å². The lowest BCUT2D eigenvalue weighted by atomic mass is 10.0. The SMILES string of the molecule is CCCCC(C)(SCCC(F)(F)F)C(=O)OF. The van der Waals surface area contributed by atoms with Crippen LogP contribution in [0.2, 0.25) is 0 Å². The minimum absolute atomic E-state index is 0.279. The molecule has 0 N–H and O–H groups in total. The third-order valence-electron chi connectivity index (χ3n) is 2.32. The quantitative estimate of drug-likeness (QED) is 0.656. The Bertz CT molecular complexity index is 245. The molecular formula is C10H16F4O2S. The number of alkyl halides is 3. The van der Waals surface area contributed by atoms with E-state index in [1.807, 2.05) is 6.92 Å². The number of hydrogen-bond donors (Lipinski definition) is 0. The van der Waals surface area contributed by atoms with Crippen molar-refractivity contribution in [3.8, 4) is 0 Å². The number of unbranched alkanes of at least 4 members (excludes halogenated alkanes) is 1. The van der Waals surface area contributed by atoms with Crippen molar-refractivity contribution >= 4 is 17.7 Å². The van der Waals surface area contributed by atoms with Crippen molar-refractivity contribution in [2.75, 3.05) is 5.75 Å². The highest BCUT2D eigenvalue weighted by molar-refractivity contribution is 8.01. The minimum atomic E-state index is -4.27. The summed E-state index contributed by atoms with van der Waals surface area (Å²) < 4.78 is 46.5. The Hall–Kier alpha value is -0.460. The number of hydrogen-bond acceptors (Lipinski definition) is 3. The third kappa shape index (κ3) is 6.75. The molecule has 0 amide bonds. The van der Waals surface area contributed by atoms with Crippen LogP contribution in [-0.2, 0) is 9.74 Å². The average molecular weight is 276 g/mol. The summed E-state index contributed by atoms with van der Waals surface area (Å²) in [5.74, 6) is -1.39. The van der Waals surface area contributed by atoms with E-state index in [0.717, 1.165) is 18.2 Å². The summed E-state index contributed by atoms with van der Waals surface area (Å²) >= 11 is 0.789. The first kappa shape index (κ1) is 16.5. The second-order valence-corrected chi connectivity index (χ2v) is 5.51. The molecule has 0 aliphatic rings. The van der Waals surface area contributed by atoms with Gasteiger partial charge in [-0.1, -0.05) is 19.8 Å². The van der Waals surface area contributed by atoms with E-state index in [0.29, 0.717) is 12.8 Å². The Labute approximate surface area is 102 Å². The highest BCUT2D eigenvalue weighted by atomic mass is 32.2. The van der Waals surface area contributed by atoms with Gasteiger partial charge in [0.15, 0.2) is 0 Å². The van der Waals surface area contributed by atoms with Gasteiger partial charge in [-0.05, 0) is 13.3 Å². The smallest absolute Gasteiger partial charge is 0.253 e. The zero-order valence-corrected chi connectivity index (χ0v) is 10.6. The van der Waals surface area contributed by atoms with E-state index in [1.165, 1.54) is 6.92 Å². The Balaban J connectivity index is 4.34. The van der Waals surface area contributed by atoms with Gasteiger partial charge in [0, 0.05) is 10.3 Å². The molecule has 0 aromatic heterocycles. The molecule has 102 valence electrons. The summed E-state index contributed by atoms with van der Waals surface area (Å²) in [6, 6.07) is 0. The fourth-order valence-corrected chi connectivity index (χ4v) is 2.44. The standard InChI is InChI=1S/C10H16F4O2S/c1-3-4-5-9(2,8(15)16-14)17-7-6-10(11,12)13/h3-7H2,1-2H3. The van der Waals surface area contributed by atoms with Gasteiger partial charge < -0.3 is 0 Å². The fraction of sp³-hybridized carbons (Fsp3) is 0.900. The number of carbonyl (C=O) groups excluding carboxylic acids is 1. The lowest BCUT2D eigenvalue weighted by Gasteiger charge is -2.24. The summed E-state index contributed by atoms with van der Waals surface area (Å²) in [5.41, 5.74) is 0.